The van der Waals surface area contributed by atoms with Gasteiger partial charge in [-0.15, -0.1) is 11.3 Å². The fourth-order valence-electron chi connectivity index (χ4n) is 1.83. The molecule has 2 rings (SSSR count). The predicted molar refractivity (Wildman–Crippen MR) is 102 cm³/mol. The van der Waals surface area contributed by atoms with Crippen LogP contribution in [0.3, 0.4) is 0 Å². The summed E-state index contributed by atoms with van der Waals surface area (Å²) in [7, 11) is 0. The number of carbonyl (C=O) groups excluding carboxylic acids is 1. The van der Waals surface area contributed by atoms with E-state index in [1.165, 1.54) is 4.88 Å². The first-order valence-electron chi connectivity index (χ1n) is 7.22. The van der Waals surface area contributed by atoms with Crippen LogP contribution in [0.2, 0.25) is 5.02 Å². The van der Waals surface area contributed by atoms with Gasteiger partial charge in [0.05, 0.1) is 4.88 Å². The highest BCUT2D eigenvalue weighted by atomic mass is 35.5. The Morgan fingerprint density at radius 3 is 2.57 bits per heavy atom. The number of hydrogen-bond donors (Lipinski definition) is 1. The van der Waals surface area contributed by atoms with Gasteiger partial charge in [-0.2, -0.15) is 16.9 Å². The molecular formula is C17H19ClN2OS2. The molecule has 0 bridgehead atoms. The van der Waals surface area contributed by atoms with Crippen LogP contribution in [0.25, 0.3) is 0 Å². The van der Waals surface area contributed by atoms with Crippen LogP contribution in [0, 0.1) is 5.92 Å². The molecule has 2 aromatic rings. The van der Waals surface area contributed by atoms with Crippen LogP contribution >= 0.6 is 34.7 Å². The van der Waals surface area contributed by atoms with E-state index in [2.05, 4.69) is 22.8 Å². The number of hydrazone groups is 1. The molecule has 0 spiro atoms. The Hall–Kier alpha value is -1.30. The lowest BCUT2D eigenvalue weighted by molar-refractivity contribution is -0.123. The zero-order valence-electron chi connectivity index (χ0n) is 13.3. The van der Waals surface area contributed by atoms with E-state index in [1.54, 1.807) is 23.1 Å². The number of amides is 1. The Labute approximate surface area is 150 Å². The van der Waals surface area contributed by atoms with Crippen LogP contribution in [0.4, 0.5) is 0 Å². The van der Waals surface area contributed by atoms with Gasteiger partial charge in [0, 0.05) is 27.1 Å². The average Bonchev–Trinajstić information content (AvgIpc) is 2.97. The number of nitrogens with one attached hydrogen (secondary N) is 1. The molecule has 0 saturated heterocycles. The Kier molecular flexibility index (Phi) is 6.69. The SMILES string of the molecule is CSCc1ccc(C(=NNC(=O)C(C)C)c2ccc(Cl)cc2)s1. The standard InChI is InChI=1S/C17H19ClN2OS2/c1-11(2)17(21)20-19-16(12-4-6-13(18)7-5-12)15-9-8-14(23-15)10-22-3/h4-9,11H,10H2,1-3H3,(H,20,21). The van der Waals surface area contributed by atoms with Crippen molar-refractivity contribution in [1.29, 1.82) is 0 Å². The highest BCUT2D eigenvalue weighted by Gasteiger charge is 2.12. The third-order valence-corrected chi connectivity index (χ3v) is 5.23. The molecule has 1 amide bonds. The van der Waals surface area contributed by atoms with Gasteiger partial charge in [-0.3, -0.25) is 4.79 Å². The van der Waals surface area contributed by atoms with Crippen molar-refractivity contribution < 1.29 is 4.79 Å². The van der Waals surface area contributed by atoms with Crippen molar-refractivity contribution in [3.63, 3.8) is 0 Å². The first-order chi connectivity index (χ1) is 11.0. The van der Waals surface area contributed by atoms with Crippen molar-refractivity contribution >= 4 is 46.3 Å². The Bertz CT molecular complexity index is 693. The first kappa shape index (κ1) is 18.0. The number of thioether (sulfide) groups is 1. The number of hydrogen-bond acceptors (Lipinski definition) is 4. The molecule has 0 unspecified atom stereocenters. The van der Waals surface area contributed by atoms with Crippen LogP contribution in [0.15, 0.2) is 41.5 Å². The molecule has 1 aromatic carbocycles. The molecule has 0 fully saturated rings. The van der Waals surface area contributed by atoms with Gasteiger partial charge < -0.3 is 0 Å². The van der Waals surface area contributed by atoms with Gasteiger partial charge in [0.2, 0.25) is 5.91 Å². The summed E-state index contributed by atoms with van der Waals surface area (Å²) >= 11 is 9.44. The van der Waals surface area contributed by atoms with Gasteiger partial charge in [-0.05, 0) is 30.5 Å². The monoisotopic (exact) mass is 366 g/mol. The number of halogens is 1. The van der Waals surface area contributed by atoms with E-state index in [-0.39, 0.29) is 11.8 Å². The highest BCUT2D eigenvalue weighted by molar-refractivity contribution is 7.97. The van der Waals surface area contributed by atoms with E-state index in [4.69, 9.17) is 11.6 Å². The molecule has 0 atom stereocenters. The third-order valence-electron chi connectivity index (χ3n) is 3.10. The normalized spacial score (nSPS) is 11.8. The maximum atomic E-state index is 11.8. The maximum absolute atomic E-state index is 11.8. The van der Waals surface area contributed by atoms with Crippen molar-refractivity contribution in [3.05, 3.63) is 56.7 Å². The summed E-state index contributed by atoms with van der Waals surface area (Å²) in [6.07, 6.45) is 2.08. The summed E-state index contributed by atoms with van der Waals surface area (Å²) in [5.74, 6) is 0.759. The van der Waals surface area contributed by atoms with Crippen LogP contribution in [-0.2, 0) is 10.5 Å². The van der Waals surface area contributed by atoms with Crippen LogP contribution < -0.4 is 5.43 Å². The number of carbonyl (C=O) groups is 1. The predicted octanol–water partition coefficient (Wildman–Crippen LogP) is 4.79. The molecule has 0 aliphatic heterocycles. The van der Waals surface area contributed by atoms with Crippen molar-refractivity contribution in [2.75, 3.05) is 6.26 Å². The van der Waals surface area contributed by atoms with Gasteiger partial charge >= 0.3 is 0 Å². The lowest BCUT2D eigenvalue weighted by Crippen LogP contribution is -2.24. The molecule has 6 heteroatoms. The fourth-order valence-corrected chi connectivity index (χ4v) is 3.75. The Morgan fingerprint density at radius 1 is 1.26 bits per heavy atom. The van der Waals surface area contributed by atoms with Crippen molar-refractivity contribution in [1.82, 2.24) is 5.43 Å². The van der Waals surface area contributed by atoms with Crippen LogP contribution in [0.5, 0.6) is 0 Å². The lowest BCUT2D eigenvalue weighted by atomic mass is 10.1. The number of nitrogens with zero attached hydrogens (tertiary/aromatic N) is 1. The molecule has 0 saturated carbocycles. The topological polar surface area (TPSA) is 41.5 Å². The molecule has 1 aromatic heterocycles. The summed E-state index contributed by atoms with van der Waals surface area (Å²) in [5, 5.41) is 5.04. The van der Waals surface area contributed by atoms with Crippen molar-refractivity contribution in [3.8, 4) is 0 Å². The molecule has 3 nitrogen and oxygen atoms in total. The van der Waals surface area contributed by atoms with Gasteiger partial charge in [-0.25, -0.2) is 5.43 Å². The number of benzene rings is 1. The fraction of sp³-hybridized carbons (Fsp3) is 0.294. The van der Waals surface area contributed by atoms with E-state index in [0.717, 1.165) is 21.9 Å². The van der Waals surface area contributed by atoms with Gasteiger partial charge in [0.15, 0.2) is 0 Å². The summed E-state index contributed by atoms with van der Waals surface area (Å²) in [6, 6.07) is 11.6. The van der Waals surface area contributed by atoms with E-state index in [9.17, 15) is 4.79 Å². The van der Waals surface area contributed by atoms with Crippen LogP contribution in [-0.4, -0.2) is 17.9 Å². The lowest BCUT2D eigenvalue weighted by Gasteiger charge is -2.07. The summed E-state index contributed by atoms with van der Waals surface area (Å²) < 4.78 is 0. The second kappa shape index (κ2) is 8.52. The summed E-state index contributed by atoms with van der Waals surface area (Å²) in [4.78, 5) is 14.1. The zero-order chi connectivity index (χ0) is 16.8. The minimum atomic E-state index is -0.111. The molecule has 0 aliphatic rings. The number of rotatable bonds is 6. The minimum absolute atomic E-state index is 0.0997. The smallest absolute Gasteiger partial charge is 0.242 e. The maximum Gasteiger partial charge on any atom is 0.242 e. The minimum Gasteiger partial charge on any atom is -0.273 e. The summed E-state index contributed by atoms with van der Waals surface area (Å²) in [5.41, 5.74) is 4.34. The largest absolute Gasteiger partial charge is 0.273 e. The molecule has 1 heterocycles. The third kappa shape index (κ3) is 5.09. The molecule has 1 N–H and O–H groups in total. The highest BCUT2D eigenvalue weighted by Crippen LogP contribution is 2.24. The average molecular weight is 367 g/mol. The Balaban J connectivity index is 2.35. The van der Waals surface area contributed by atoms with E-state index in [1.807, 2.05) is 44.2 Å². The van der Waals surface area contributed by atoms with Crippen molar-refractivity contribution in [2.24, 2.45) is 11.0 Å². The molecule has 122 valence electrons. The zero-order valence-corrected chi connectivity index (χ0v) is 15.7. The van der Waals surface area contributed by atoms with E-state index < -0.39 is 0 Å². The second-order valence-electron chi connectivity index (χ2n) is 5.30. The molecular weight excluding hydrogens is 348 g/mol. The Morgan fingerprint density at radius 2 is 1.96 bits per heavy atom. The molecule has 23 heavy (non-hydrogen) atoms. The van der Waals surface area contributed by atoms with E-state index >= 15 is 0 Å². The summed E-state index contributed by atoms with van der Waals surface area (Å²) in [6.45, 7) is 3.68. The molecule has 0 aliphatic carbocycles. The van der Waals surface area contributed by atoms with Gasteiger partial charge in [-0.1, -0.05) is 37.6 Å². The van der Waals surface area contributed by atoms with Gasteiger partial charge in [0.25, 0.3) is 0 Å². The quantitative estimate of drug-likeness (QED) is 0.590. The molecule has 0 radical (unpaired) electrons. The van der Waals surface area contributed by atoms with Crippen LogP contribution in [0.1, 0.15) is 29.2 Å². The van der Waals surface area contributed by atoms with E-state index in [0.29, 0.717) is 5.02 Å². The van der Waals surface area contributed by atoms with Gasteiger partial charge in [0.1, 0.15) is 5.71 Å². The number of thiophene rings is 1. The van der Waals surface area contributed by atoms with Crippen molar-refractivity contribution in [2.45, 2.75) is 19.6 Å². The second-order valence-corrected chi connectivity index (χ2v) is 7.77. The first-order valence-corrected chi connectivity index (χ1v) is 9.81.